The van der Waals surface area contributed by atoms with Crippen molar-refractivity contribution in [3.8, 4) is 0 Å². The summed E-state index contributed by atoms with van der Waals surface area (Å²) in [6.07, 6.45) is 1.49. The molecule has 0 radical (unpaired) electrons. The van der Waals surface area contributed by atoms with Crippen molar-refractivity contribution in [2.45, 2.75) is 40.4 Å². The first-order valence-corrected chi connectivity index (χ1v) is 4.98. The largest absolute Gasteiger partial charge is 0.458 e. The van der Waals surface area contributed by atoms with E-state index in [2.05, 4.69) is 13.2 Å². The van der Waals surface area contributed by atoms with Crippen LogP contribution in [0.1, 0.15) is 34.6 Å². The maximum atomic E-state index is 10.0. The second kappa shape index (κ2) is 13.1. The van der Waals surface area contributed by atoms with Gasteiger partial charge in [-0.15, -0.1) is 6.58 Å². The first kappa shape index (κ1) is 19.7. The van der Waals surface area contributed by atoms with Crippen molar-refractivity contribution in [1.29, 1.82) is 0 Å². The summed E-state index contributed by atoms with van der Waals surface area (Å²) in [7, 11) is -1.25. The molecule has 88 valence electrons. The van der Waals surface area contributed by atoms with E-state index in [0.29, 0.717) is 5.57 Å². The van der Waals surface area contributed by atoms with Gasteiger partial charge in [-0.3, -0.25) is 4.79 Å². The maximum absolute atomic E-state index is 10.0. The fourth-order valence-corrected chi connectivity index (χ4v) is 0.122. The van der Waals surface area contributed by atoms with Gasteiger partial charge in [-0.25, -0.2) is 0 Å². The zero-order valence-corrected chi connectivity index (χ0v) is 10.4. The van der Waals surface area contributed by atoms with Crippen molar-refractivity contribution in [3.05, 3.63) is 24.8 Å². The van der Waals surface area contributed by atoms with Crippen molar-refractivity contribution >= 4 is 12.9 Å². The van der Waals surface area contributed by atoms with E-state index in [1.165, 1.54) is 13.0 Å². The molecule has 4 heteroatoms. The Hall–Kier alpha value is -0.865. The Morgan fingerprint density at radius 2 is 1.60 bits per heavy atom. The van der Waals surface area contributed by atoms with Gasteiger partial charge in [0.2, 0.25) is 0 Å². The fraction of sp³-hybridized carbons (Fsp3) is 0.545. The number of hydrogen-bond donors (Lipinski definition) is 2. The van der Waals surface area contributed by atoms with Crippen LogP contribution in [0.2, 0.25) is 5.82 Å². The Kier molecular flexibility index (Phi) is 17.2. The molecule has 0 aliphatic heterocycles. The van der Waals surface area contributed by atoms with Gasteiger partial charge in [-0.1, -0.05) is 33.4 Å². The third-order valence-corrected chi connectivity index (χ3v) is 1.44. The predicted molar refractivity (Wildman–Crippen MR) is 66.7 cm³/mol. The Labute approximate surface area is 93.7 Å². The van der Waals surface area contributed by atoms with E-state index < -0.39 is 7.12 Å². The lowest BCUT2D eigenvalue weighted by Crippen LogP contribution is -2.15. The van der Waals surface area contributed by atoms with Crippen LogP contribution >= 0.6 is 0 Å². The van der Waals surface area contributed by atoms with Crippen LogP contribution in [0.25, 0.3) is 0 Å². The number of carbonyl (C=O) groups excluding carboxylic acids is 1. The fourth-order valence-electron chi connectivity index (χ4n) is 0.122. The van der Waals surface area contributed by atoms with Crippen molar-refractivity contribution < 1.29 is 14.8 Å². The molecule has 1 unspecified atom stereocenters. The molecule has 0 aromatic heterocycles. The predicted octanol–water partition coefficient (Wildman–Crippen LogP) is 2.21. The van der Waals surface area contributed by atoms with Gasteiger partial charge >= 0.3 is 7.12 Å². The van der Waals surface area contributed by atoms with Crippen LogP contribution in [0.3, 0.4) is 0 Å². The molecule has 0 aliphatic rings. The third-order valence-electron chi connectivity index (χ3n) is 1.44. The number of hydrogen-bond acceptors (Lipinski definition) is 3. The molecule has 0 amide bonds. The van der Waals surface area contributed by atoms with Crippen LogP contribution in [-0.4, -0.2) is 22.9 Å². The van der Waals surface area contributed by atoms with Gasteiger partial charge in [0, 0.05) is 5.82 Å². The van der Waals surface area contributed by atoms with Crippen LogP contribution < -0.4 is 0 Å². The molecule has 0 spiro atoms. The molecule has 15 heavy (non-hydrogen) atoms. The number of carbonyl (C=O) groups is 1. The van der Waals surface area contributed by atoms with E-state index >= 15 is 0 Å². The van der Waals surface area contributed by atoms with E-state index in [9.17, 15) is 4.79 Å². The highest BCUT2D eigenvalue weighted by Gasteiger charge is 2.12. The second-order valence-corrected chi connectivity index (χ2v) is 2.84. The van der Waals surface area contributed by atoms with E-state index in [1.54, 1.807) is 13.8 Å². The van der Waals surface area contributed by atoms with E-state index in [1.807, 2.05) is 13.8 Å². The summed E-state index contributed by atoms with van der Waals surface area (Å²) in [5.41, 5.74) is 0.620. The van der Waals surface area contributed by atoms with Crippen molar-refractivity contribution in [3.63, 3.8) is 0 Å². The minimum atomic E-state index is -1.25. The molecule has 0 aromatic rings. The molecule has 0 aliphatic carbocycles. The monoisotopic (exact) mass is 214 g/mol. The molecule has 2 N–H and O–H groups in total. The first-order chi connectivity index (χ1) is 6.82. The molecular weight excluding hydrogens is 191 g/mol. The second-order valence-electron chi connectivity index (χ2n) is 2.84. The summed E-state index contributed by atoms with van der Waals surface area (Å²) >= 11 is 0. The van der Waals surface area contributed by atoms with Gasteiger partial charge in [-0.2, -0.15) is 0 Å². The zero-order valence-electron chi connectivity index (χ0n) is 10.4. The molecule has 0 heterocycles. The molecule has 0 bridgehead atoms. The third kappa shape index (κ3) is 19.5. The minimum Gasteiger partial charge on any atom is -0.427 e. The highest BCUT2D eigenvalue weighted by molar-refractivity contribution is 6.43. The van der Waals surface area contributed by atoms with Gasteiger partial charge in [0.05, 0.1) is 0 Å². The molecule has 3 nitrogen and oxygen atoms in total. The Bertz CT molecular complexity index is 176. The Morgan fingerprint density at radius 3 is 1.60 bits per heavy atom. The van der Waals surface area contributed by atoms with Crippen molar-refractivity contribution in [1.82, 2.24) is 0 Å². The van der Waals surface area contributed by atoms with Crippen molar-refractivity contribution in [2.75, 3.05) is 0 Å². The maximum Gasteiger partial charge on any atom is 0.458 e. The lowest BCUT2D eigenvalue weighted by atomic mass is 9.75. The molecular formula is C11H23BO3. The summed E-state index contributed by atoms with van der Waals surface area (Å²) < 4.78 is 0. The minimum absolute atomic E-state index is 0.0648. The summed E-state index contributed by atoms with van der Waals surface area (Å²) in [6, 6.07) is 0. The highest BCUT2D eigenvalue weighted by Crippen LogP contribution is 2.03. The van der Waals surface area contributed by atoms with E-state index in [0.717, 1.165) is 0 Å². The zero-order chi connectivity index (χ0) is 13.0. The lowest BCUT2D eigenvalue weighted by Gasteiger charge is -1.98. The topological polar surface area (TPSA) is 57.5 Å². The van der Waals surface area contributed by atoms with Gasteiger partial charge < -0.3 is 10.0 Å². The molecule has 0 rings (SSSR count). The smallest absolute Gasteiger partial charge is 0.427 e. The van der Waals surface area contributed by atoms with Gasteiger partial charge in [-0.05, 0) is 19.4 Å². The summed E-state index contributed by atoms with van der Waals surface area (Å²) in [4.78, 5) is 10.0. The average Bonchev–Trinajstić information content (AvgIpc) is 2.20. The lowest BCUT2D eigenvalue weighted by molar-refractivity contribution is -0.113. The van der Waals surface area contributed by atoms with Crippen LogP contribution in [-0.2, 0) is 4.79 Å². The summed E-state index contributed by atoms with van der Waals surface area (Å²) in [6.45, 7) is 15.6. The Morgan fingerprint density at radius 1 is 1.33 bits per heavy atom. The number of allylic oxidation sites excluding steroid dienone is 2. The van der Waals surface area contributed by atoms with Gasteiger partial charge in [0.15, 0.2) is 5.78 Å². The first-order valence-electron chi connectivity index (χ1n) is 4.98. The molecule has 0 saturated heterocycles. The molecule has 0 aromatic carbocycles. The average molecular weight is 214 g/mol. The van der Waals surface area contributed by atoms with Crippen LogP contribution in [0.4, 0.5) is 0 Å². The SMILES string of the molecule is C=C(C)C(C)=O.C=CC(C)B(O)O.CC. The number of Topliss-reactive ketones (excluding diaryl/α,β-unsaturated/α-hetero) is 1. The quantitative estimate of drug-likeness (QED) is 0.430. The van der Waals surface area contributed by atoms with Crippen LogP contribution in [0, 0.1) is 0 Å². The van der Waals surface area contributed by atoms with Crippen molar-refractivity contribution in [2.24, 2.45) is 0 Å². The van der Waals surface area contributed by atoms with Gasteiger partial charge in [0.25, 0.3) is 0 Å². The highest BCUT2D eigenvalue weighted by atomic mass is 16.4. The molecule has 0 fully saturated rings. The van der Waals surface area contributed by atoms with Crippen LogP contribution in [0.15, 0.2) is 24.8 Å². The summed E-state index contributed by atoms with van der Waals surface area (Å²) in [5, 5.41) is 16.6. The van der Waals surface area contributed by atoms with E-state index in [4.69, 9.17) is 10.0 Å². The number of ketones is 1. The molecule has 1 atom stereocenters. The Balaban J connectivity index is -0.000000166. The van der Waals surface area contributed by atoms with Gasteiger partial charge in [0.1, 0.15) is 0 Å². The van der Waals surface area contributed by atoms with Crippen LogP contribution in [0.5, 0.6) is 0 Å². The summed E-state index contributed by atoms with van der Waals surface area (Å²) in [5.74, 6) is -0.157. The number of rotatable bonds is 3. The standard InChI is InChI=1S/C5H8O.C4H9BO2.C2H6/c1-4(2)5(3)6;1-3-4(2)5(6)7;1-2/h1H2,2-3H3;3-4,6-7H,1H2,2H3;1-2H3. The normalized spacial score (nSPS) is 9.53. The van der Waals surface area contributed by atoms with E-state index in [-0.39, 0.29) is 11.6 Å². The molecule has 0 saturated carbocycles.